The smallest absolute Gasteiger partial charge is 0.258 e. The van der Waals surface area contributed by atoms with Crippen molar-refractivity contribution < 1.29 is 14.1 Å². The fourth-order valence-electron chi connectivity index (χ4n) is 2.41. The average molecular weight is 401 g/mol. The van der Waals surface area contributed by atoms with E-state index in [9.17, 15) is 4.79 Å². The number of carbonyl (C=O) groups excluding carboxylic acids is 1. The summed E-state index contributed by atoms with van der Waals surface area (Å²) < 4.78 is 11.9. The Kier molecular flexibility index (Phi) is 5.28. The molecular formula is C19H17BrN2O3. The predicted octanol–water partition coefficient (Wildman–Crippen LogP) is 5.16. The number of Topliss-reactive ketones (excluding diaryl/α,β-unsaturated/α-hetero) is 1. The van der Waals surface area contributed by atoms with Crippen molar-refractivity contribution in [2.24, 2.45) is 0 Å². The van der Waals surface area contributed by atoms with Crippen LogP contribution in [0.4, 0.5) is 0 Å². The quantitative estimate of drug-likeness (QED) is 0.534. The summed E-state index contributed by atoms with van der Waals surface area (Å²) in [6.45, 7) is 4.31. The van der Waals surface area contributed by atoms with Crippen LogP contribution in [0, 0.1) is 0 Å². The second-order valence-electron chi connectivity index (χ2n) is 5.35. The van der Waals surface area contributed by atoms with Crippen molar-refractivity contribution in [3.8, 4) is 28.6 Å². The van der Waals surface area contributed by atoms with Gasteiger partial charge >= 0.3 is 0 Å². The second-order valence-corrected chi connectivity index (χ2v) is 6.27. The van der Waals surface area contributed by atoms with E-state index in [2.05, 4.69) is 26.1 Å². The summed E-state index contributed by atoms with van der Waals surface area (Å²) in [7, 11) is 0. The second kappa shape index (κ2) is 7.61. The number of nitrogens with zero attached hydrogens (tertiary/aromatic N) is 2. The number of ketones is 1. The van der Waals surface area contributed by atoms with Crippen molar-refractivity contribution in [1.29, 1.82) is 0 Å². The summed E-state index contributed by atoms with van der Waals surface area (Å²) in [5.74, 6) is 1.65. The van der Waals surface area contributed by atoms with Crippen LogP contribution in [0.15, 0.2) is 51.5 Å². The molecule has 5 nitrogen and oxygen atoms in total. The fourth-order valence-corrected chi connectivity index (χ4v) is 2.77. The van der Waals surface area contributed by atoms with E-state index >= 15 is 0 Å². The van der Waals surface area contributed by atoms with E-state index in [1.165, 1.54) is 0 Å². The number of hydrogen-bond donors (Lipinski definition) is 0. The normalized spacial score (nSPS) is 10.7. The highest BCUT2D eigenvalue weighted by Crippen LogP contribution is 2.32. The maximum atomic E-state index is 11.7. The lowest BCUT2D eigenvalue weighted by Crippen LogP contribution is -1.95. The zero-order chi connectivity index (χ0) is 17.8. The number of ether oxygens (including phenoxy) is 1. The van der Waals surface area contributed by atoms with Gasteiger partial charge in [0.05, 0.1) is 12.2 Å². The predicted molar refractivity (Wildman–Crippen MR) is 98.7 cm³/mol. The highest BCUT2D eigenvalue weighted by molar-refractivity contribution is 9.10. The Morgan fingerprint density at radius 3 is 2.60 bits per heavy atom. The van der Waals surface area contributed by atoms with E-state index in [4.69, 9.17) is 9.26 Å². The number of benzene rings is 2. The molecule has 0 radical (unpaired) electrons. The molecule has 128 valence electrons. The molecule has 6 heteroatoms. The Labute approximate surface area is 154 Å². The van der Waals surface area contributed by atoms with Gasteiger partial charge in [-0.25, -0.2) is 0 Å². The molecule has 0 atom stereocenters. The van der Waals surface area contributed by atoms with Gasteiger partial charge in [0.1, 0.15) is 5.75 Å². The van der Waals surface area contributed by atoms with Gasteiger partial charge in [-0.05, 0) is 37.3 Å². The summed E-state index contributed by atoms with van der Waals surface area (Å²) in [5, 5.41) is 4.07. The van der Waals surface area contributed by atoms with Crippen molar-refractivity contribution in [3.63, 3.8) is 0 Å². The molecule has 0 saturated carbocycles. The molecule has 0 aliphatic rings. The molecule has 0 unspecified atom stereocenters. The minimum Gasteiger partial charge on any atom is -0.493 e. The Hall–Kier alpha value is -2.47. The standard InChI is InChI=1S/C19H17BrN2O3/c1-3-16(23)12-5-7-13(8-6-12)19-21-18(22-25-19)15-11-14(20)9-10-17(15)24-4-2/h5-11H,3-4H2,1-2H3. The molecule has 0 saturated heterocycles. The molecule has 1 aromatic heterocycles. The monoisotopic (exact) mass is 400 g/mol. The van der Waals surface area contributed by atoms with Gasteiger partial charge < -0.3 is 9.26 Å². The summed E-state index contributed by atoms with van der Waals surface area (Å²) in [6.07, 6.45) is 0.479. The summed E-state index contributed by atoms with van der Waals surface area (Å²) >= 11 is 3.45. The minimum absolute atomic E-state index is 0.105. The van der Waals surface area contributed by atoms with Crippen LogP contribution in [0.3, 0.4) is 0 Å². The first-order valence-corrected chi connectivity index (χ1v) is 8.81. The Bertz CT molecular complexity index is 888. The van der Waals surface area contributed by atoms with Crippen LogP contribution in [-0.4, -0.2) is 22.5 Å². The van der Waals surface area contributed by atoms with Crippen LogP contribution in [-0.2, 0) is 0 Å². The van der Waals surface area contributed by atoms with Gasteiger partial charge in [-0.15, -0.1) is 0 Å². The van der Waals surface area contributed by atoms with Crippen LogP contribution in [0.5, 0.6) is 5.75 Å². The van der Waals surface area contributed by atoms with Gasteiger partial charge in [-0.1, -0.05) is 40.1 Å². The van der Waals surface area contributed by atoms with Gasteiger partial charge in [0.15, 0.2) is 5.78 Å². The first-order chi connectivity index (χ1) is 12.1. The van der Waals surface area contributed by atoms with Crippen LogP contribution < -0.4 is 4.74 Å². The lowest BCUT2D eigenvalue weighted by atomic mass is 10.1. The highest BCUT2D eigenvalue weighted by Gasteiger charge is 2.15. The van der Waals surface area contributed by atoms with E-state index < -0.39 is 0 Å². The van der Waals surface area contributed by atoms with Gasteiger partial charge in [0.25, 0.3) is 5.89 Å². The van der Waals surface area contributed by atoms with Gasteiger partial charge in [0, 0.05) is 22.0 Å². The summed E-state index contributed by atoms with van der Waals surface area (Å²) in [5.41, 5.74) is 2.19. The van der Waals surface area contributed by atoms with Crippen molar-refractivity contribution in [2.45, 2.75) is 20.3 Å². The summed E-state index contributed by atoms with van der Waals surface area (Å²) in [6, 6.07) is 12.8. The van der Waals surface area contributed by atoms with E-state index in [1.54, 1.807) is 12.1 Å². The van der Waals surface area contributed by atoms with E-state index in [1.807, 2.05) is 44.2 Å². The van der Waals surface area contributed by atoms with Gasteiger partial charge in [-0.2, -0.15) is 4.98 Å². The number of aromatic nitrogens is 2. The number of carbonyl (C=O) groups is 1. The molecule has 0 bridgehead atoms. The third kappa shape index (κ3) is 3.79. The maximum absolute atomic E-state index is 11.7. The first-order valence-electron chi connectivity index (χ1n) is 8.02. The van der Waals surface area contributed by atoms with Crippen molar-refractivity contribution in [3.05, 3.63) is 52.5 Å². The zero-order valence-corrected chi connectivity index (χ0v) is 15.5. The van der Waals surface area contributed by atoms with Crippen LogP contribution in [0.1, 0.15) is 30.6 Å². The van der Waals surface area contributed by atoms with Crippen LogP contribution >= 0.6 is 15.9 Å². The van der Waals surface area contributed by atoms with Crippen LogP contribution in [0.25, 0.3) is 22.8 Å². The Morgan fingerprint density at radius 1 is 1.16 bits per heavy atom. The third-order valence-electron chi connectivity index (χ3n) is 3.68. The van der Waals surface area contributed by atoms with Crippen molar-refractivity contribution >= 4 is 21.7 Å². The number of halogens is 1. The molecule has 25 heavy (non-hydrogen) atoms. The molecular weight excluding hydrogens is 384 g/mol. The van der Waals surface area contributed by atoms with E-state index in [0.29, 0.717) is 36.1 Å². The topological polar surface area (TPSA) is 65.2 Å². The zero-order valence-electron chi connectivity index (χ0n) is 14.0. The van der Waals surface area contributed by atoms with Gasteiger partial charge in [0.2, 0.25) is 5.82 Å². The minimum atomic E-state index is 0.105. The van der Waals surface area contributed by atoms with Crippen molar-refractivity contribution in [1.82, 2.24) is 10.1 Å². The summed E-state index contributed by atoms with van der Waals surface area (Å²) in [4.78, 5) is 16.2. The molecule has 0 fully saturated rings. The number of hydrogen-bond acceptors (Lipinski definition) is 5. The molecule has 0 spiro atoms. The van der Waals surface area contributed by atoms with Crippen LogP contribution in [0.2, 0.25) is 0 Å². The molecule has 0 amide bonds. The molecule has 0 N–H and O–H groups in total. The largest absolute Gasteiger partial charge is 0.493 e. The lowest BCUT2D eigenvalue weighted by molar-refractivity contribution is 0.0988. The third-order valence-corrected chi connectivity index (χ3v) is 4.18. The molecule has 0 aliphatic heterocycles. The van der Waals surface area contributed by atoms with Crippen molar-refractivity contribution in [2.75, 3.05) is 6.61 Å². The lowest BCUT2D eigenvalue weighted by Gasteiger charge is -2.07. The molecule has 1 heterocycles. The molecule has 0 aliphatic carbocycles. The molecule has 3 rings (SSSR count). The Balaban J connectivity index is 1.93. The molecule has 2 aromatic carbocycles. The highest BCUT2D eigenvalue weighted by atomic mass is 79.9. The SMILES string of the molecule is CCOc1ccc(Br)cc1-c1noc(-c2ccc(C(=O)CC)cc2)n1. The maximum Gasteiger partial charge on any atom is 0.258 e. The van der Waals surface area contributed by atoms with Gasteiger partial charge in [-0.3, -0.25) is 4.79 Å². The fraction of sp³-hybridized carbons (Fsp3) is 0.211. The molecule has 3 aromatic rings. The van der Waals surface area contributed by atoms with E-state index in [-0.39, 0.29) is 5.78 Å². The van der Waals surface area contributed by atoms with E-state index in [0.717, 1.165) is 15.6 Å². The average Bonchev–Trinajstić information content (AvgIpc) is 3.13. The number of rotatable bonds is 6. The Morgan fingerprint density at radius 2 is 1.92 bits per heavy atom. The first kappa shape index (κ1) is 17.4.